The van der Waals surface area contributed by atoms with Crippen molar-refractivity contribution in [2.75, 3.05) is 73.8 Å². The summed E-state index contributed by atoms with van der Waals surface area (Å²) in [5.74, 6) is -6.80. The molecule has 5 rings (SSSR count). The lowest BCUT2D eigenvalue weighted by Gasteiger charge is -2.49. The molecule has 0 spiro atoms. The van der Waals surface area contributed by atoms with E-state index in [1.54, 1.807) is 84.4 Å². The number of amides is 1. The normalized spacial score (nSPS) is 35.3. The van der Waals surface area contributed by atoms with E-state index < -0.39 is 138 Å². The number of hydrogen-bond acceptors (Lipinski definition) is 22. The number of alkyl carbamates (subject to hydrolysis) is 1. The molecule has 1 amide bonds. The molecule has 0 unspecified atom stereocenters. The molecule has 470 valence electrons. The summed E-state index contributed by atoms with van der Waals surface area (Å²) >= 11 is 0. The molecule has 83 heavy (non-hydrogen) atoms. The summed E-state index contributed by atoms with van der Waals surface area (Å²) in [6.07, 6.45) is -9.37. The number of aromatic carboxylic acids is 1. The average molecular weight is 1180 g/mol. The summed E-state index contributed by atoms with van der Waals surface area (Å²) in [5, 5.41) is 67.5. The molecule has 2 aromatic rings. The number of fused-ring (bicyclic) bond motifs is 1. The van der Waals surface area contributed by atoms with Gasteiger partial charge in [0.2, 0.25) is 12.0 Å². The number of carboxylic acid groups (broad SMARTS) is 1. The number of nitrogens with zero attached hydrogens (tertiary/aromatic N) is 4. The molecule has 3 fully saturated rings. The molecule has 25 heteroatoms. The Balaban J connectivity index is 1.36. The van der Waals surface area contributed by atoms with Crippen molar-refractivity contribution in [1.29, 1.82) is 0 Å². The minimum Gasteiger partial charge on any atom is -0.477 e. The fraction of sp³-hybridized carbons (Fsp3) is 0.759. The minimum atomic E-state index is -2.09. The average Bonchev–Trinajstić information content (AvgIpc) is 2.45. The van der Waals surface area contributed by atoms with Gasteiger partial charge in [0.05, 0.1) is 67.0 Å². The zero-order chi connectivity index (χ0) is 62.1. The molecule has 0 bridgehead atoms. The Morgan fingerprint density at radius 3 is 2.22 bits per heavy atom. The maximum Gasteiger partial charge on any atom is 0.407 e. The van der Waals surface area contributed by atoms with Gasteiger partial charge in [0.15, 0.2) is 18.7 Å². The molecular weight excluding hydrogens is 1090 g/mol. The lowest BCUT2D eigenvalue weighted by atomic mass is 9.73. The molecule has 25 nitrogen and oxygen atoms in total. The summed E-state index contributed by atoms with van der Waals surface area (Å²) < 4.78 is 56.7. The number of ether oxygens (including phenoxy) is 9. The number of aliphatic hydroxyl groups excluding tert-OH is 2. The molecule has 4 heterocycles. The number of hydrogen-bond donors (Lipinski definition) is 6. The van der Waals surface area contributed by atoms with Gasteiger partial charge in [0, 0.05) is 76.2 Å². The Labute approximate surface area is 486 Å². The number of methoxy groups -OCH3 is 2. The van der Waals surface area contributed by atoms with Gasteiger partial charge < -0.3 is 88.2 Å². The van der Waals surface area contributed by atoms with Crippen LogP contribution in [0.5, 0.6) is 0 Å². The number of oxime groups is 1. The zero-order valence-corrected chi connectivity index (χ0v) is 51.2. The Morgan fingerprint density at radius 2 is 1.60 bits per heavy atom. The molecule has 3 aliphatic rings. The van der Waals surface area contributed by atoms with Gasteiger partial charge in [-0.3, -0.25) is 14.3 Å². The quantitative estimate of drug-likeness (QED) is 0.0479. The highest BCUT2D eigenvalue weighted by atomic mass is 16.7. The van der Waals surface area contributed by atoms with Gasteiger partial charge in [0.1, 0.15) is 29.0 Å². The van der Waals surface area contributed by atoms with Crippen LogP contribution in [0.15, 0.2) is 34.3 Å². The number of benzene rings is 1. The van der Waals surface area contributed by atoms with Crippen molar-refractivity contribution in [3.63, 3.8) is 0 Å². The molecule has 0 aliphatic carbocycles. The van der Waals surface area contributed by atoms with E-state index in [0.717, 1.165) is 5.56 Å². The van der Waals surface area contributed by atoms with Crippen LogP contribution in [-0.2, 0) is 63.5 Å². The van der Waals surface area contributed by atoms with E-state index in [1.807, 2.05) is 32.0 Å². The first-order valence-electron chi connectivity index (χ1n) is 28.6. The van der Waals surface area contributed by atoms with E-state index in [-0.39, 0.29) is 55.2 Å². The molecule has 18 atom stereocenters. The fourth-order valence-corrected chi connectivity index (χ4v) is 11.9. The number of nitrogens with one attached hydrogen (secondary N) is 1. The third-order valence-electron chi connectivity index (χ3n) is 16.6. The molecular formula is C58H93N5O20. The first kappa shape index (κ1) is 68.7. The lowest BCUT2D eigenvalue weighted by molar-refractivity contribution is -0.317. The summed E-state index contributed by atoms with van der Waals surface area (Å²) in [6, 6.07) is 4.95. The highest BCUT2D eigenvalue weighted by Gasteiger charge is 2.54. The van der Waals surface area contributed by atoms with E-state index in [0.29, 0.717) is 31.4 Å². The van der Waals surface area contributed by atoms with Crippen molar-refractivity contribution < 1.29 is 92.2 Å². The number of aliphatic hydroxyl groups is 4. The molecule has 3 aliphatic heterocycles. The van der Waals surface area contributed by atoms with Crippen LogP contribution >= 0.6 is 0 Å². The van der Waals surface area contributed by atoms with Crippen LogP contribution in [-0.4, -0.2) is 218 Å². The number of carbonyl (C=O) groups is 4. The monoisotopic (exact) mass is 1180 g/mol. The number of esters is 2. The van der Waals surface area contributed by atoms with E-state index in [4.69, 9.17) is 47.5 Å². The van der Waals surface area contributed by atoms with Gasteiger partial charge in [-0.1, -0.05) is 38.9 Å². The third kappa shape index (κ3) is 16.7. The van der Waals surface area contributed by atoms with Crippen LogP contribution < -0.4 is 15.8 Å². The van der Waals surface area contributed by atoms with Crippen LogP contribution in [0.2, 0.25) is 0 Å². The summed E-state index contributed by atoms with van der Waals surface area (Å²) in [5.41, 5.74) is -4.58. The van der Waals surface area contributed by atoms with E-state index in [1.165, 1.54) is 34.3 Å². The van der Waals surface area contributed by atoms with Crippen molar-refractivity contribution >= 4 is 40.6 Å². The predicted octanol–water partition coefficient (Wildman–Crippen LogP) is 3.36. The number of rotatable bonds is 20. The topological polar surface area (TPSA) is 315 Å². The fourth-order valence-electron chi connectivity index (χ4n) is 11.9. The Morgan fingerprint density at radius 1 is 0.916 bits per heavy atom. The highest BCUT2D eigenvalue weighted by molar-refractivity contribution is 5.93. The van der Waals surface area contributed by atoms with Gasteiger partial charge in [-0.2, -0.15) is 0 Å². The maximum atomic E-state index is 14.7. The van der Waals surface area contributed by atoms with Crippen LogP contribution in [0, 0.1) is 23.7 Å². The minimum absolute atomic E-state index is 0.0448. The van der Waals surface area contributed by atoms with Gasteiger partial charge in [-0.25, -0.2) is 14.4 Å². The first-order chi connectivity index (χ1) is 38.8. The van der Waals surface area contributed by atoms with Crippen molar-refractivity contribution in [3.8, 4) is 0 Å². The molecule has 0 saturated carbocycles. The molecule has 0 radical (unpaired) electrons. The summed E-state index contributed by atoms with van der Waals surface area (Å²) in [6.45, 7) is 16.4. The summed E-state index contributed by atoms with van der Waals surface area (Å²) in [4.78, 5) is 72.4. The van der Waals surface area contributed by atoms with Crippen molar-refractivity contribution in [2.45, 2.75) is 192 Å². The van der Waals surface area contributed by atoms with Crippen LogP contribution in [0.1, 0.15) is 117 Å². The number of carboxylic acids is 1. The van der Waals surface area contributed by atoms with Crippen LogP contribution in [0.3, 0.4) is 0 Å². The van der Waals surface area contributed by atoms with Gasteiger partial charge >= 0.3 is 24.0 Å². The van der Waals surface area contributed by atoms with E-state index in [2.05, 4.69) is 10.5 Å². The SMILES string of the molecule is CC[C@H]1OC(=O)[C@H](C)[C@@H](O[C@H]2C[C@@](C)(OC)[C@@H](OC(=O)NCCOCCCc3ccc4c(c3)c(=O)c(C(=O)O)cn4N(C)C)[C@H](C)O2)[C@H](C)[C@@H](O[C@@H]2O[C@H](C)C[C@H](N(C)C)[C@H]2O)[C@](C)(O)C[C@@H](C)/C(=N\OCC(=O)OC)[C@@H](C)[C@@H](O)[C@]1(C)O. The van der Waals surface area contributed by atoms with Crippen LogP contribution in [0.25, 0.3) is 10.9 Å². The largest absolute Gasteiger partial charge is 0.477 e. The number of pyridine rings is 1. The molecule has 1 aromatic heterocycles. The number of aryl methyl sites for hydroxylation is 1. The maximum absolute atomic E-state index is 14.7. The van der Waals surface area contributed by atoms with Gasteiger partial charge in [-0.15, -0.1) is 0 Å². The third-order valence-corrected chi connectivity index (χ3v) is 16.6. The smallest absolute Gasteiger partial charge is 0.407 e. The number of carbonyl (C=O) groups excluding carboxylic acids is 3. The van der Waals surface area contributed by atoms with Crippen molar-refractivity contribution in [2.24, 2.45) is 28.8 Å². The van der Waals surface area contributed by atoms with Crippen LogP contribution in [0.4, 0.5) is 4.79 Å². The first-order valence-corrected chi connectivity index (χ1v) is 28.6. The lowest BCUT2D eigenvalue weighted by Crippen LogP contribution is -2.61. The Bertz CT molecular complexity index is 2600. The number of likely N-dealkylation sites (N-methyl/N-ethyl adjacent to an activating group) is 1. The molecule has 6 N–H and O–H groups in total. The Hall–Kier alpha value is -5.06. The number of cyclic esters (lactones) is 1. The number of aromatic nitrogens is 1. The molecule has 1 aromatic carbocycles. The standard InChI is InChI=1S/C58H93N5O20/c1-17-42-58(10,73)49(67)33(4)45(60-77-30-43(64)74-15)31(2)27-56(8,72)50(82-54-47(66)41(61(11)12)25-32(3)78-54)34(5)48(35(6)53(70)80-42)81-44-28-57(9,75-16)51(36(7)79-44)83-55(71)59-22-24-76-23-18-19-37-20-21-40-38(26-37)46(65)39(52(68)69)29-63(40)62(13)14/h20-21,26,29,31-36,41-42,44,47-51,54,66-67,72-73H,17-19,22-25,27-28,30H2,1-16H3,(H,59,71)(H,68,69)/b60-45+/t31-,32-,33-,34+,35-,36+,41+,42-,44+,47-,48+,49-,50-,51+,54+,56-,57-,58-/m1/s1. The van der Waals surface area contributed by atoms with Crippen molar-refractivity contribution in [1.82, 2.24) is 14.9 Å². The van der Waals surface area contributed by atoms with Crippen molar-refractivity contribution in [3.05, 3.63) is 45.7 Å². The second kappa shape index (κ2) is 29.4. The Kier molecular flexibility index (Phi) is 24.3. The van der Waals surface area contributed by atoms with Gasteiger partial charge in [-0.05, 0) is 105 Å². The second-order valence-electron chi connectivity index (χ2n) is 23.7. The zero-order valence-electron chi connectivity index (χ0n) is 51.2. The highest BCUT2D eigenvalue weighted by Crippen LogP contribution is 2.42. The molecule has 3 saturated heterocycles. The van der Waals surface area contributed by atoms with Gasteiger partial charge in [0.25, 0.3) is 0 Å². The summed E-state index contributed by atoms with van der Waals surface area (Å²) in [7, 11) is 9.78. The second-order valence-corrected chi connectivity index (χ2v) is 23.7. The van der Waals surface area contributed by atoms with E-state index in [9.17, 15) is 49.5 Å². The predicted molar refractivity (Wildman–Crippen MR) is 303 cm³/mol. The van der Waals surface area contributed by atoms with E-state index >= 15 is 0 Å².